The highest BCUT2D eigenvalue weighted by Crippen LogP contribution is 2.32. The van der Waals surface area contributed by atoms with E-state index >= 15 is 0 Å². The van der Waals surface area contributed by atoms with Crippen molar-refractivity contribution in [2.45, 2.75) is 38.3 Å². The average Bonchev–Trinajstić information content (AvgIpc) is 2.84. The van der Waals surface area contributed by atoms with Crippen molar-refractivity contribution in [3.05, 3.63) is 27.6 Å². The molecule has 2 nitrogen and oxygen atoms in total. The first-order valence-corrected chi connectivity index (χ1v) is 8.22. The molecule has 2 fully saturated rings. The van der Waals surface area contributed by atoms with Crippen LogP contribution in [0.4, 0.5) is 10.1 Å². The molecule has 0 aliphatic carbocycles. The Bertz CT molecular complexity index is 465. The van der Waals surface area contributed by atoms with Gasteiger partial charge in [-0.25, -0.2) is 4.39 Å². The monoisotopic (exact) mass is 374 g/mol. The molecule has 2 heterocycles. The minimum absolute atomic E-state index is 0.138. The molecule has 4 heteroatoms. The van der Waals surface area contributed by atoms with Crippen molar-refractivity contribution in [2.75, 3.05) is 24.5 Å². The van der Waals surface area contributed by atoms with E-state index in [1.165, 1.54) is 25.1 Å². The molecule has 104 valence electrons. The van der Waals surface area contributed by atoms with Crippen LogP contribution in [-0.2, 0) is 0 Å². The molecular formula is C15H20FIN2. The number of hydrogen-bond acceptors (Lipinski definition) is 2. The molecule has 0 bridgehead atoms. The Kier molecular flexibility index (Phi) is 3.98. The van der Waals surface area contributed by atoms with Gasteiger partial charge in [0.15, 0.2) is 0 Å². The second-order valence-corrected chi connectivity index (χ2v) is 6.76. The molecule has 0 saturated carbocycles. The predicted molar refractivity (Wildman–Crippen MR) is 85.1 cm³/mol. The van der Waals surface area contributed by atoms with Gasteiger partial charge in [-0.05, 0) is 66.6 Å². The Morgan fingerprint density at radius 1 is 1.37 bits per heavy atom. The number of hydrogen-bond donors (Lipinski definition) is 0. The van der Waals surface area contributed by atoms with Gasteiger partial charge in [-0.15, -0.1) is 0 Å². The van der Waals surface area contributed by atoms with E-state index in [2.05, 4.69) is 39.3 Å². The predicted octanol–water partition coefficient (Wildman–Crippen LogP) is 3.49. The molecule has 3 rings (SSSR count). The van der Waals surface area contributed by atoms with Gasteiger partial charge in [-0.1, -0.05) is 6.92 Å². The first-order valence-electron chi connectivity index (χ1n) is 7.14. The molecule has 0 radical (unpaired) electrons. The molecule has 0 aromatic heterocycles. The smallest absolute Gasteiger partial charge is 0.124 e. The topological polar surface area (TPSA) is 6.48 Å². The largest absolute Gasteiger partial charge is 0.365 e. The van der Waals surface area contributed by atoms with Crippen molar-refractivity contribution < 1.29 is 4.39 Å². The van der Waals surface area contributed by atoms with Crippen LogP contribution in [0, 0.1) is 9.39 Å². The normalized spacial score (nSPS) is 27.6. The number of nitrogens with zero attached hydrogens (tertiary/aromatic N) is 2. The van der Waals surface area contributed by atoms with Gasteiger partial charge in [0, 0.05) is 28.7 Å². The van der Waals surface area contributed by atoms with Crippen molar-refractivity contribution in [1.82, 2.24) is 4.90 Å². The standard InChI is InChI=1S/C15H20FIN2/c1-2-12-9-18-7-3-4-13(18)10-19(12)15-6-5-11(16)8-14(15)17/h5-6,8,12-13H,2-4,7,9-10H2,1H3. The van der Waals surface area contributed by atoms with Crippen molar-refractivity contribution in [2.24, 2.45) is 0 Å². The Morgan fingerprint density at radius 3 is 2.95 bits per heavy atom. The van der Waals surface area contributed by atoms with Crippen LogP contribution in [0.25, 0.3) is 0 Å². The van der Waals surface area contributed by atoms with Crippen molar-refractivity contribution in [1.29, 1.82) is 0 Å². The van der Waals surface area contributed by atoms with E-state index in [0.717, 1.165) is 23.1 Å². The molecule has 1 aromatic rings. The van der Waals surface area contributed by atoms with Crippen LogP contribution in [0.1, 0.15) is 26.2 Å². The lowest BCUT2D eigenvalue weighted by Gasteiger charge is -2.45. The van der Waals surface area contributed by atoms with E-state index in [4.69, 9.17) is 0 Å². The number of fused-ring (bicyclic) bond motifs is 1. The van der Waals surface area contributed by atoms with E-state index < -0.39 is 0 Å². The summed E-state index contributed by atoms with van der Waals surface area (Å²) in [5, 5.41) is 0. The van der Waals surface area contributed by atoms with E-state index in [-0.39, 0.29) is 5.82 Å². The highest BCUT2D eigenvalue weighted by molar-refractivity contribution is 14.1. The summed E-state index contributed by atoms with van der Waals surface area (Å²) < 4.78 is 14.3. The quantitative estimate of drug-likeness (QED) is 0.732. The van der Waals surface area contributed by atoms with E-state index in [1.807, 2.05) is 6.07 Å². The fraction of sp³-hybridized carbons (Fsp3) is 0.600. The van der Waals surface area contributed by atoms with Crippen LogP contribution in [0.2, 0.25) is 0 Å². The van der Waals surface area contributed by atoms with Gasteiger partial charge in [-0.2, -0.15) is 0 Å². The summed E-state index contributed by atoms with van der Waals surface area (Å²) in [7, 11) is 0. The molecule has 2 atom stereocenters. The van der Waals surface area contributed by atoms with E-state index in [0.29, 0.717) is 12.1 Å². The summed E-state index contributed by atoms with van der Waals surface area (Å²) in [4.78, 5) is 5.15. The third kappa shape index (κ3) is 2.61. The average molecular weight is 374 g/mol. The van der Waals surface area contributed by atoms with E-state index in [1.54, 1.807) is 12.1 Å². The summed E-state index contributed by atoms with van der Waals surface area (Å²) in [6, 6.07) is 6.44. The molecule has 1 aromatic carbocycles. The molecule has 0 amide bonds. The molecule has 2 aliphatic heterocycles. The molecule has 2 aliphatic rings. The van der Waals surface area contributed by atoms with Crippen molar-refractivity contribution in [3.8, 4) is 0 Å². The first kappa shape index (κ1) is 13.6. The van der Waals surface area contributed by atoms with Crippen LogP contribution < -0.4 is 4.90 Å². The van der Waals surface area contributed by atoms with Gasteiger partial charge in [-0.3, -0.25) is 4.90 Å². The molecule has 0 spiro atoms. The lowest BCUT2D eigenvalue weighted by molar-refractivity contribution is 0.194. The minimum atomic E-state index is -0.138. The Balaban J connectivity index is 1.88. The SMILES string of the molecule is CCC1CN2CCCC2CN1c1ccc(F)cc1I. The van der Waals surface area contributed by atoms with Gasteiger partial charge in [0.05, 0.1) is 5.69 Å². The zero-order valence-corrected chi connectivity index (χ0v) is 13.4. The molecule has 0 N–H and O–H groups in total. The maximum absolute atomic E-state index is 13.3. The van der Waals surface area contributed by atoms with Gasteiger partial charge in [0.1, 0.15) is 5.82 Å². The van der Waals surface area contributed by atoms with Gasteiger partial charge in [0.2, 0.25) is 0 Å². The van der Waals surface area contributed by atoms with E-state index in [9.17, 15) is 4.39 Å². The van der Waals surface area contributed by atoms with Crippen LogP contribution >= 0.6 is 22.6 Å². The third-order valence-corrected chi connectivity index (χ3v) is 5.35. The molecule has 2 saturated heterocycles. The van der Waals surface area contributed by atoms with Crippen LogP contribution in [0.5, 0.6) is 0 Å². The fourth-order valence-corrected chi connectivity index (χ4v) is 4.23. The van der Waals surface area contributed by atoms with Crippen molar-refractivity contribution in [3.63, 3.8) is 0 Å². The third-order valence-electron chi connectivity index (χ3n) is 4.48. The van der Waals surface area contributed by atoms with Gasteiger partial charge >= 0.3 is 0 Å². The van der Waals surface area contributed by atoms with Gasteiger partial charge < -0.3 is 4.90 Å². The number of halogens is 2. The number of rotatable bonds is 2. The summed E-state index contributed by atoms with van der Waals surface area (Å²) in [6.45, 7) is 5.77. The molecule has 19 heavy (non-hydrogen) atoms. The number of benzene rings is 1. The maximum atomic E-state index is 13.3. The van der Waals surface area contributed by atoms with Gasteiger partial charge in [0.25, 0.3) is 0 Å². The maximum Gasteiger partial charge on any atom is 0.124 e. The zero-order chi connectivity index (χ0) is 13.4. The summed E-state index contributed by atoms with van der Waals surface area (Å²) in [5.74, 6) is -0.138. The number of anilines is 1. The second kappa shape index (κ2) is 5.56. The molecular weight excluding hydrogens is 354 g/mol. The highest BCUT2D eigenvalue weighted by atomic mass is 127. The second-order valence-electron chi connectivity index (χ2n) is 5.60. The number of piperazine rings is 1. The van der Waals surface area contributed by atoms with Crippen LogP contribution in [-0.4, -0.2) is 36.6 Å². The minimum Gasteiger partial charge on any atom is -0.365 e. The Hall–Kier alpha value is -0.360. The summed E-state index contributed by atoms with van der Waals surface area (Å²) in [5.41, 5.74) is 1.21. The van der Waals surface area contributed by atoms with Crippen LogP contribution in [0.3, 0.4) is 0 Å². The Labute approximate surface area is 128 Å². The van der Waals surface area contributed by atoms with Crippen molar-refractivity contribution >= 4 is 28.3 Å². The lowest BCUT2D eigenvalue weighted by atomic mass is 10.0. The summed E-state index contributed by atoms with van der Waals surface area (Å²) in [6.07, 6.45) is 3.79. The highest BCUT2D eigenvalue weighted by Gasteiger charge is 2.36. The first-order chi connectivity index (χ1) is 9.19. The Morgan fingerprint density at radius 2 is 2.21 bits per heavy atom. The molecule has 2 unspecified atom stereocenters. The summed E-state index contributed by atoms with van der Waals surface area (Å²) >= 11 is 2.26. The lowest BCUT2D eigenvalue weighted by Crippen LogP contribution is -2.56. The van der Waals surface area contributed by atoms with Crippen LogP contribution in [0.15, 0.2) is 18.2 Å². The zero-order valence-electron chi connectivity index (χ0n) is 11.3. The fourth-order valence-electron chi connectivity index (χ4n) is 3.45.